The summed E-state index contributed by atoms with van der Waals surface area (Å²) in [4.78, 5) is 24.7. The average Bonchev–Trinajstić information content (AvgIpc) is 2.36. The van der Waals surface area contributed by atoms with Crippen LogP contribution in [0.3, 0.4) is 0 Å². The van der Waals surface area contributed by atoms with Gasteiger partial charge in [0.2, 0.25) is 5.91 Å². The van der Waals surface area contributed by atoms with Crippen LogP contribution in [-0.4, -0.2) is 36.5 Å². The number of hydrogen-bond donors (Lipinski definition) is 0. The smallest absolute Gasteiger partial charge is 0.325 e. The number of likely N-dealkylation sites (N-methyl/N-ethyl adjacent to an activating group) is 1. The zero-order valence-corrected chi connectivity index (χ0v) is 13.6. The van der Waals surface area contributed by atoms with E-state index in [4.69, 9.17) is 4.74 Å². The lowest BCUT2D eigenvalue weighted by atomic mass is 10.1. The van der Waals surface area contributed by atoms with Crippen LogP contribution < -0.4 is 0 Å². The molecule has 0 aliphatic rings. The van der Waals surface area contributed by atoms with E-state index in [1.807, 2.05) is 0 Å². The molecule has 0 aromatic carbocycles. The third-order valence-corrected chi connectivity index (χ3v) is 3.15. The Kier molecular flexibility index (Phi) is 11.1. The van der Waals surface area contributed by atoms with Crippen molar-refractivity contribution in [3.63, 3.8) is 0 Å². The van der Waals surface area contributed by atoms with Crippen LogP contribution in [0.25, 0.3) is 0 Å². The summed E-state index contributed by atoms with van der Waals surface area (Å²) in [5, 5.41) is 0. The monoisotopic (exact) mass is 285 g/mol. The summed E-state index contributed by atoms with van der Waals surface area (Å²) in [6.07, 6.45) is 8.73. The van der Waals surface area contributed by atoms with Crippen molar-refractivity contribution in [2.24, 2.45) is 0 Å². The second kappa shape index (κ2) is 11.7. The van der Waals surface area contributed by atoms with Gasteiger partial charge in [0.1, 0.15) is 6.54 Å². The van der Waals surface area contributed by atoms with Crippen molar-refractivity contribution in [2.45, 2.75) is 78.2 Å². The fourth-order valence-corrected chi connectivity index (χ4v) is 2.01. The number of carbonyl (C=O) groups excluding carboxylic acids is 2. The van der Waals surface area contributed by atoms with Crippen molar-refractivity contribution >= 4 is 11.9 Å². The van der Waals surface area contributed by atoms with Crippen LogP contribution in [-0.2, 0) is 14.3 Å². The molecular formula is C16H31NO3. The Hall–Kier alpha value is -1.06. The molecule has 0 unspecified atom stereocenters. The molecule has 0 rings (SSSR count). The lowest BCUT2D eigenvalue weighted by Crippen LogP contribution is -2.33. The molecule has 0 aliphatic carbocycles. The first kappa shape index (κ1) is 18.9. The number of amides is 1. The van der Waals surface area contributed by atoms with Crippen LogP contribution in [0.1, 0.15) is 72.1 Å². The van der Waals surface area contributed by atoms with E-state index in [9.17, 15) is 9.59 Å². The van der Waals surface area contributed by atoms with Gasteiger partial charge in [-0.05, 0) is 20.3 Å². The maximum atomic E-state index is 11.8. The molecule has 0 heterocycles. The van der Waals surface area contributed by atoms with Crippen LogP contribution in [0.5, 0.6) is 0 Å². The number of ether oxygens (including phenoxy) is 1. The predicted molar refractivity (Wildman–Crippen MR) is 81.5 cm³/mol. The third-order valence-electron chi connectivity index (χ3n) is 3.15. The summed E-state index contributed by atoms with van der Waals surface area (Å²) >= 11 is 0. The number of nitrogens with zero attached hydrogens (tertiary/aromatic N) is 1. The minimum atomic E-state index is -0.338. The van der Waals surface area contributed by atoms with E-state index in [0.29, 0.717) is 6.42 Å². The highest BCUT2D eigenvalue weighted by Crippen LogP contribution is 2.09. The van der Waals surface area contributed by atoms with Gasteiger partial charge in [0.05, 0.1) is 6.10 Å². The van der Waals surface area contributed by atoms with E-state index in [2.05, 4.69) is 6.92 Å². The van der Waals surface area contributed by atoms with Crippen molar-refractivity contribution in [3.8, 4) is 0 Å². The number of esters is 1. The van der Waals surface area contributed by atoms with Gasteiger partial charge in [-0.25, -0.2) is 0 Å². The summed E-state index contributed by atoms with van der Waals surface area (Å²) in [6.45, 7) is 5.86. The molecule has 0 aliphatic heterocycles. The van der Waals surface area contributed by atoms with E-state index in [0.717, 1.165) is 12.8 Å². The van der Waals surface area contributed by atoms with Crippen molar-refractivity contribution in [3.05, 3.63) is 0 Å². The molecule has 0 saturated heterocycles. The Balaban J connectivity index is 3.62. The van der Waals surface area contributed by atoms with Gasteiger partial charge in [-0.3, -0.25) is 9.59 Å². The molecule has 0 aromatic rings. The van der Waals surface area contributed by atoms with Gasteiger partial charge in [0, 0.05) is 13.5 Å². The standard InChI is InChI=1S/C16H31NO3/c1-5-6-7-8-9-10-11-12-15(18)17(4)13-16(19)20-14(2)3/h14H,5-13H2,1-4H3. The minimum Gasteiger partial charge on any atom is -0.462 e. The van der Waals surface area contributed by atoms with Gasteiger partial charge in [-0.2, -0.15) is 0 Å². The molecule has 0 spiro atoms. The van der Waals surface area contributed by atoms with E-state index >= 15 is 0 Å². The predicted octanol–water partition coefficient (Wildman–Crippen LogP) is 3.54. The van der Waals surface area contributed by atoms with Gasteiger partial charge in [-0.1, -0.05) is 45.4 Å². The molecule has 4 heteroatoms. The molecule has 1 amide bonds. The maximum absolute atomic E-state index is 11.8. The highest BCUT2D eigenvalue weighted by atomic mass is 16.5. The summed E-state index contributed by atoms with van der Waals surface area (Å²) in [5.74, 6) is -0.310. The van der Waals surface area contributed by atoms with Crippen LogP contribution >= 0.6 is 0 Å². The fraction of sp³-hybridized carbons (Fsp3) is 0.875. The summed E-state index contributed by atoms with van der Waals surface area (Å²) in [7, 11) is 1.66. The first-order valence-electron chi connectivity index (χ1n) is 7.90. The molecule has 0 radical (unpaired) electrons. The van der Waals surface area contributed by atoms with Gasteiger partial charge >= 0.3 is 5.97 Å². The highest BCUT2D eigenvalue weighted by Gasteiger charge is 2.14. The molecule has 118 valence electrons. The highest BCUT2D eigenvalue weighted by molar-refractivity contribution is 5.81. The molecule has 0 saturated carbocycles. The molecule has 20 heavy (non-hydrogen) atoms. The molecular weight excluding hydrogens is 254 g/mol. The first-order chi connectivity index (χ1) is 9.47. The van der Waals surface area contributed by atoms with Crippen molar-refractivity contribution in [2.75, 3.05) is 13.6 Å². The number of carbonyl (C=O) groups is 2. The molecule has 0 fully saturated rings. The Morgan fingerprint density at radius 3 is 2.10 bits per heavy atom. The van der Waals surface area contributed by atoms with Crippen molar-refractivity contribution < 1.29 is 14.3 Å². The number of unbranched alkanes of at least 4 members (excludes halogenated alkanes) is 6. The van der Waals surface area contributed by atoms with Crippen LogP contribution in [0.15, 0.2) is 0 Å². The largest absolute Gasteiger partial charge is 0.462 e. The van der Waals surface area contributed by atoms with Crippen LogP contribution in [0.4, 0.5) is 0 Å². The third kappa shape index (κ3) is 10.8. The number of rotatable bonds is 11. The maximum Gasteiger partial charge on any atom is 0.325 e. The SMILES string of the molecule is CCCCCCCCCC(=O)N(C)CC(=O)OC(C)C. The number of hydrogen-bond acceptors (Lipinski definition) is 3. The van der Waals surface area contributed by atoms with E-state index < -0.39 is 0 Å². The quantitative estimate of drug-likeness (QED) is 0.431. The zero-order chi connectivity index (χ0) is 15.4. The minimum absolute atomic E-state index is 0.0271. The molecule has 0 bridgehead atoms. The van der Waals surface area contributed by atoms with Crippen molar-refractivity contribution in [1.82, 2.24) is 4.90 Å². The van der Waals surface area contributed by atoms with Crippen LogP contribution in [0.2, 0.25) is 0 Å². The summed E-state index contributed by atoms with van der Waals surface area (Å²) < 4.78 is 5.02. The van der Waals surface area contributed by atoms with E-state index in [1.54, 1.807) is 20.9 Å². The second-order valence-electron chi connectivity index (χ2n) is 5.66. The van der Waals surface area contributed by atoms with E-state index in [-0.39, 0.29) is 24.5 Å². The van der Waals surface area contributed by atoms with Crippen LogP contribution in [0, 0.1) is 0 Å². The van der Waals surface area contributed by atoms with Gasteiger partial charge in [-0.15, -0.1) is 0 Å². The summed E-state index contributed by atoms with van der Waals surface area (Å²) in [5.41, 5.74) is 0. The lowest BCUT2D eigenvalue weighted by molar-refractivity contribution is -0.151. The second-order valence-corrected chi connectivity index (χ2v) is 5.66. The first-order valence-corrected chi connectivity index (χ1v) is 7.90. The topological polar surface area (TPSA) is 46.6 Å². The molecule has 0 aromatic heterocycles. The van der Waals surface area contributed by atoms with Crippen molar-refractivity contribution in [1.29, 1.82) is 0 Å². The molecule has 0 N–H and O–H groups in total. The van der Waals surface area contributed by atoms with E-state index in [1.165, 1.54) is 37.0 Å². The lowest BCUT2D eigenvalue weighted by Gasteiger charge is -2.17. The fourth-order valence-electron chi connectivity index (χ4n) is 2.01. The normalized spacial score (nSPS) is 10.7. The molecule has 0 atom stereocenters. The Morgan fingerprint density at radius 1 is 1.00 bits per heavy atom. The van der Waals surface area contributed by atoms with Gasteiger partial charge < -0.3 is 9.64 Å². The van der Waals surface area contributed by atoms with Gasteiger partial charge in [0.25, 0.3) is 0 Å². The Labute approximate surface area is 123 Å². The Bertz CT molecular complexity index is 277. The van der Waals surface area contributed by atoms with Gasteiger partial charge in [0.15, 0.2) is 0 Å². The Morgan fingerprint density at radius 2 is 1.55 bits per heavy atom. The molecule has 4 nitrogen and oxygen atoms in total. The summed E-state index contributed by atoms with van der Waals surface area (Å²) in [6, 6.07) is 0. The zero-order valence-electron chi connectivity index (χ0n) is 13.6. The average molecular weight is 285 g/mol.